The van der Waals surface area contributed by atoms with Crippen molar-refractivity contribution >= 4 is 11.3 Å². The van der Waals surface area contributed by atoms with E-state index < -0.39 is 0 Å². The average Bonchev–Trinajstić information content (AvgIpc) is 2.87. The smallest absolute Gasteiger partial charge is 0.0302 e. The summed E-state index contributed by atoms with van der Waals surface area (Å²) in [5.74, 6) is 1.01. The predicted molar refractivity (Wildman–Crippen MR) is 90.5 cm³/mol. The summed E-state index contributed by atoms with van der Waals surface area (Å²) in [4.78, 5) is 2.99. The van der Waals surface area contributed by atoms with Crippen LogP contribution in [0.25, 0.3) is 0 Å². The van der Waals surface area contributed by atoms with E-state index >= 15 is 0 Å². The van der Waals surface area contributed by atoms with Crippen LogP contribution in [0.1, 0.15) is 76.0 Å². The van der Waals surface area contributed by atoms with Crippen molar-refractivity contribution in [1.29, 1.82) is 0 Å². The number of nitrogens with one attached hydrogen (secondary N) is 1. The van der Waals surface area contributed by atoms with Crippen LogP contribution in [0.3, 0.4) is 0 Å². The van der Waals surface area contributed by atoms with E-state index in [4.69, 9.17) is 0 Å². The highest BCUT2D eigenvalue weighted by molar-refractivity contribution is 7.12. The van der Waals surface area contributed by atoms with Gasteiger partial charge in [0.25, 0.3) is 0 Å². The number of hydrogen-bond acceptors (Lipinski definition) is 2. The van der Waals surface area contributed by atoms with Crippen molar-refractivity contribution in [2.24, 2.45) is 5.92 Å². The van der Waals surface area contributed by atoms with Crippen LogP contribution in [0.2, 0.25) is 0 Å². The SMILES string of the molecule is CCCC1CCC(NCc2ccc(C(C)(C)C)s2)CC1. The number of thiophene rings is 1. The van der Waals surface area contributed by atoms with Crippen LogP contribution in [0.15, 0.2) is 12.1 Å². The molecule has 1 aliphatic carbocycles. The first kappa shape index (κ1) is 16.0. The predicted octanol–water partition coefficient (Wildman–Crippen LogP) is 5.49. The molecule has 1 saturated carbocycles. The van der Waals surface area contributed by atoms with Crippen LogP contribution in [-0.4, -0.2) is 6.04 Å². The maximum atomic E-state index is 3.78. The van der Waals surface area contributed by atoms with Crippen molar-refractivity contribution in [2.45, 2.75) is 84.2 Å². The fraction of sp³-hybridized carbons (Fsp3) is 0.778. The molecule has 0 amide bonds. The standard InChI is InChI=1S/C18H31NS/c1-5-6-14-7-9-15(10-8-14)19-13-16-11-12-17(20-16)18(2,3)4/h11-12,14-15,19H,5-10,13H2,1-4H3. The minimum Gasteiger partial charge on any atom is -0.309 e. The molecule has 0 bridgehead atoms. The number of hydrogen-bond donors (Lipinski definition) is 1. The van der Waals surface area contributed by atoms with Gasteiger partial charge in [-0.2, -0.15) is 0 Å². The first-order chi connectivity index (χ1) is 9.49. The first-order valence-corrected chi connectivity index (χ1v) is 9.13. The molecular formula is C18H31NS. The summed E-state index contributed by atoms with van der Waals surface area (Å²) >= 11 is 1.97. The van der Waals surface area contributed by atoms with Gasteiger partial charge in [-0.25, -0.2) is 0 Å². The Morgan fingerprint density at radius 2 is 1.85 bits per heavy atom. The van der Waals surface area contributed by atoms with Crippen LogP contribution in [-0.2, 0) is 12.0 Å². The van der Waals surface area contributed by atoms with Gasteiger partial charge in [-0.1, -0.05) is 40.5 Å². The van der Waals surface area contributed by atoms with Gasteiger partial charge < -0.3 is 5.32 Å². The Hall–Kier alpha value is -0.340. The second-order valence-electron chi connectivity index (χ2n) is 7.40. The largest absolute Gasteiger partial charge is 0.309 e. The molecule has 114 valence electrons. The Labute approximate surface area is 129 Å². The summed E-state index contributed by atoms with van der Waals surface area (Å²) in [6.45, 7) is 10.3. The molecule has 2 heteroatoms. The molecule has 0 radical (unpaired) electrons. The maximum Gasteiger partial charge on any atom is 0.0302 e. The molecule has 0 unspecified atom stereocenters. The van der Waals surface area contributed by atoms with Gasteiger partial charge in [0.2, 0.25) is 0 Å². The van der Waals surface area contributed by atoms with Crippen LogP contribution in [0.4, 0.5) is 0 Å². The lowest BCUT2D eigenvalue weighted by Crippen LogP contribution is -2.32. The fourth-order valence-electron chi connectivity index (χ4n) is 3.18. The van der Waals surface area contributed by atoms with Crippen molar-refractivity contribution < 1.29 is 0 Å². The van der Waals surface area contributed by atoms with Crippen molar-refractivity contribution in [1.82, 2.24) is 5.32 Å². The summed E-state index contributed by atoms with van der Waals surface area (Å²) in [7, 11) is 0. The highest BCUT2D eigenvalue weighted by Crippen LogP contribution is 2.30. The average molecular weight is 294 g/mol. The molecule has 0 saturated heterocycles. The van der Waals surface area contributed by atoms with E-state index in [1.165, 1.54) is 48.3 Å². The highest BCUT2D eigenvalue weighted by atomic mass is 32.1. The molecule has 1 fully saturated rings. The minimum atomic E-state index is 0.293. The quantitative estimate of drug-likeness (QED) is 0.756. The summed E-state index contributed by atoms with van der Waals surface area (Å²) in [6.07, 6.45) is 8.41. The van der Waals surface area contributed by atoms with Crippen molar-refractivity contribution in [3.8, 4) is 0 Å². The van der Waals surface area contributed by atoms with Gasteiger partial charge in [0, 0.05) is 22.3 Å². The Morgan fingerprint density at radius 3 is 2.40 bits per heavy atom. The second-order valence-corrected chi connectivity index (χ2v) is 8.57. The Morgan fingerprint density at radius 1 is 1.15 bits per heavy atom. The Balaban J connectivity index is 1.75. The van der Waals surface area contributed by atoms with Gasteiger partial charge in [0.15, 0.2) is 0 Å². The van der Waals surface area contributed by atoms with E-state index in [0.717, 1.165) is 18.5 Å². The van der Waals surface area contributed by atoms with Gasteiger partial charge in [-0.05, 0) is 49.1 Å². The van der Waals surface area contributed by atoms with Crippen LogP contribution < -0.4 is 5.32 Å². The summed E-state index contributed by atoms with van der Waals surface area (Å²) in [6, 6.07) is 5.36. The van der Waals surface area contributed by atoms with Gasteiger partial charge in [0.05, 0.1) is 0 Å². The van der Waals surface area contributed by atoms with Crippen LogP contribution in [0, 0.1) is 5.92 Å². The van der Waals surface area contributed by atoms with E-state index in [1.807, 2.05) is 11.3 Å². The molecule has 2 rings (SSSR count). The molecule has 0 atom stereocenters. The second kappa shape index (κ2) is 7.09. The third-order valence-corrected chi connectivity index (χ3v) is 6.02. The van der Waals surface area contributed by atoms with E-state index in [2.05, 4.69) is 45.1 Å². The van der Waals surface area contributed by atoms with E-state index in [0.29, 0.717) is 5.41 Å². The lowest BCUT2D eigenvalue weighted by Gasteiger charge is -2.29. The monoisotopic (exact) mass is 293 g/mol. The molecule has 0 spiro atoms. The summed E-state index contributed by atoms with van der Waals surface area (Å²) < 4.78 is 0. The zero-order chi connectivity index (χ0) is 14.6. The molecule has 1 N–H and O–H groups in total. The van der Waals surface area contributed by atoms with Gasteiger partial charge in [0.1, 0.15) is 0 Å². The molecule has 1 nitrogen and oxygen atoms in total. The molecule has 1 aromatic heterocycles. The fourth-order valence-corrected chi connectivity index (χ4v) is 4.20. The molecular weight excluding hydrogens is 262 g/mol. The molecule has 0 aromatic carbocycles. The first-order valence-electron chi connectivity index (χ1n) is 8.31. The lowest BCUT2D eigenvalue weighted by atomic mass is 9.83. The van der Waals surface area contributed by atoms with Gasteiger partial charge in [-0.3, -0.25) is 0 Å². The molecule has 1 heterocycles. The molecule has 1 aliphatic rings. The van der Waals surface area contributed by atoms with Gasteiger partial charge in [-0.15, -0.1) is 11.3 Å². The van der Waals surface area contributed by atoms with Crippen molar-refractivity contribution in [3.63, 3.8) is 0 Å². The van der Waals surface area contributed by atoms with E-state index in [-0.39, 0.29) is 0 Å². The lowest BCUT2D eigenvalue weighted by molar-refractivity contribution is 0.278. The summed E-state index contributed by atoms with van der Waals surface area (Å²) in [5.41, 5.74) is 0.293. The highest BCUT2D eigenvalue weighted by Gasteiger charge is 2.20. The normalized spacial score (nSPS) is 24.0. The van der Waals surface area contributed by atoms with E-state index in [1.54, 1.807) is 0 Å². The van der Waals surface area contributed by atoms with E-state index in [9.17, 15) is 0 Å². The molecule has 20 heavy (non-hydrogen) atoms. The molecule has 0 aliphatic heterocycles. The minimum absolute atomic E-state index is 0.293. The third-order valence-electron chi connectivity index (χ3n) is 4.51. The third kappa shape index (κ3) is 4.60. The Kier molecular flexibility index (Phi) is 5.68. The topological polar surface area (TPSA) is 12.0 Å². The number of rotatable bonds is 5. The van der Waals surface area contributed by atoms with Crippen molar-refractivity contribution in [3.05, 3.63) is 21.9 Å². The summed E-state index contributed by atoms with van der Waals surface area (Å²) in [5, 5.41) is 3.78. The van der Waals surface area contributed by atoms with Gasteiger partial charge >= 0.3 is 0 Å². The van der Waals surface area contributed by atoms with Crippen LogP contribution in [0.5, 0.6) is 0 Å². The zero-order valence-electron chi connectivity index (χ0n) is 13.7. The Bertz CT molecular complexity index is 394. The molecule has 1 aromatic rings. The zero-order valence-corrected chi connectivity index (χ0v) is 14.5. The van der Waals surface area contributed by atoms with Crippen LogP contribution >= 0.6 is 11.3 Å². The van der Waals surface area contributed by atoms with Crippen molar-refractivity contribution in [2.75, 3.05) is 0 Å². The maximum absolute atomic E-state index is 3.78.